The van der Waals surface area contributed by atoms with E-state index in [0.29, 0.717) is 12.9 Å². The first-order chi connectivity index (χ1) is 7.86. The van der Waals surface area contributed by atoms with Crippen molar-refractivity contribution in [3.63, 3.8) is 0 Å². The predicted octanol–water partition coefficient (Wildman–Crippen LogP) is 1.39. The molecule has 88 valence electrons. The molecule has 0 bridgehead atoms. The van der Waals surface area contributed by atoms with Gasteiger partial charge in [-0.15, -0.1) is 0 Å². The Morgan fingerprint density at radius 3 is 2.69 bits per heavy atom. The third-order valence-corrected chi connectivity index (χ3v) is 1.95. The van der Waals surface area contributed by atoms with Gasteiger partial charge in [-0.1, -0.05) is 30.3 Å². The molecule has 4 nitrogen and oxygen atoms in total. The molecule has 0 saturated carbocycles. The molecule has 0 N–H and O–H groups in total. The van der Waals surface area contributed by atoms with Gasteiger partial charge in [0.1, 0.15) is 12.9 Å². The van der Waals surface area contributed by atoms with Crippen molar-refractivity contribution in [2.45, 2.75) is 12.7 Å². The van der Waals surface area contributed by atoms with E-state index in [-0.39, 0.29) is 13.4 Å². The van der Waals surface area contributed by atoms with Crippen molar-refractivity contribution in [2.24, 2.45) is 0 Å². The average molecular weight is 224 g/mol. The molecule has 4 heteroatoms. The summed E-state index contributed by atoms with van der Waals surface area (Å²) in [6, 6.07) is 9.76. The van der Waals surface area contributed by atoms with Crippen LogP contribution in [0.1, 0.15) is 5.56 Å². The molecule has 1 aromatic carbocycles. The molecule has 1 rings (SSSR count). The molecule has 0 aliphatic carbocycles. The normalized spacial score (nSPS) is 12.3. The molecule has 0 fully saturated rings. The number of rotatable bonds is 8. The van der Waals surface area contributed by atoms with Crippen LogP contribution in [0.15, 0.2) is 30.3 Å². The maximum Gasteiger partial charge on any atom is 0.151 e. The molecular formula is C12H16O4. The van der Waals surface area contributed by atoms with E-state index in [4.69, 9.17) is 14.2 Å². The smallest absolute Gasteiger partial charge is 0.151 e. The minimum atomic E-state index is -0.566. The fourth-order valence-corrected chi connectivity index (χ4v) is 1.15. The van der Waals surface area contributed by atoms with E-state index >= 15 is 0 Å². The fraction of sp³-hybridized carbons (Fsp3) is 0.417. The third kappa shape index (κ3) is 5.02. The number of benzene rings is 1. The zero-order chi connectivity index (χ0) is 11.6. The van der Waals surface area contributed by atoms with Gasteiger partial charge in [-0.25, -0.2) is 0 Å². The molecule has 1 atom stereocenters. The number of ether oxygens (including phenoxy) is 3. The summed E-state index contributed by atoms with van der Waals surface area (Å²) < 4.78 is 15.1. The fourth-order valence-electron chi connectivity index (χ4n) is 1.15. The summed E-state index contributed by atoms with van der Waals surface area (Å²) in [5.41, 5.74) is 1.07. The van der Waals surface area contributed by atoms with Crippen molar-refractivity contribution in [1.82, 2.24) is 0 Å². The lowest BCUT2D eigenvalue weighted by Gasteiger charge is -2.11. The van der Waals surface area contributed by atoms with Crippen molar-refractivity contribution in [2.75, 3.05) is 20.5 Å². The highest BCUT2D eigenvalue weighted by molar-refractivity contribution is 5.56. The van der Waals surface area contributed by atoms with Gasteiger partial charge in [-0.3, -0.25) is 0 Å². The minimum absolute atomic E-state index is 0.0953. The van der Waals surface area contributed by atoms with Crippen molar-refractivity contribution >= 4 is 6.29 Å². The number of hydrogen-bond donors (Lipinski definition) is 0. The van der Waals surface area contributed by atoms with Crippen molar-refractivity contribution in [3.8, 4) is 0 Å². The van der Waals surface area contributed by atoms with Crippen LogP contribution in [0.4, 0.5) is 0 Å². The summed E-state index contributed by atoms with van der Waals surface area (Å²) >= 11 is 0. The van der Waals surface area contributed by atoms with Crippen molar-refractivity contribution in [1.29, 1.82) is 0 Å². The van der Waals surface area contributed by atoms with E-state index in [1.165, 1.54) is 7.11 Å². The standard InChI is InChI=1S/C12H16O4/c1-14-10-16-12(7-13)9-15-8-11-5-3-2-4-6-11/h2-7,12H,8-10H2,1H3/t12-/m0/s1. The van der Waals surface area contributed by atoms with Gasteiger partial charge in [0.2, 0.25) is 0 Å². The van der Waals surface area contributed by atoms with Gasteiger partial charge in [0.25, 0.3) is 0 Å². The zero-order valence-electron chi connectivity index (χ0n) is 9.30. The summed E-state index contributed by atoms with van der Waals surface area (Å²) in [6.45, 7) is 0.807. The Morgan fingerprint density at radius 2 is 2.06 bits per heavy atom. The SMILES string of the molecule is COCO[C@@H](C=O)COCc1ccccc1. The van der Waals surface area contributed by atoms with Gasteiger partial charge in [0.15, 0.2) is 6.29 Å². The second-order valence-electron chi connectivity index (χ2n) is 3.25. The molecular weight excluding hydrogens is 208 g/mol. The molecule has 0 spiro atoms. The van der Waals surface area contributed by atoms with Gasteiger partial charge in [0, 0.05) is 7.11 Å². The number of hydrogen-bond acceptors (Lipinski definition) is 4. The first-order valence-corrected chi connectivity index (χ1v) is 5.04. The van der Waals surface area contributed by atoms with Crippen LogP contribution in [0.2, 0.25) is 0 Å². The molecule has 0 aliphatic rings. The van der Waals surface area contributed by atoms with E-state index in [2.05, 4.69) is 0 Å². The van der Waals surface area contributed by atoms with Crippen molar-refractivity contribution in [3.05, 3.63) is 35.9 Å². The van der Waals surface area contributed by atoms with Crippen LogP contribution in [0.25, 0.3) is 0 Å². The van der Waals surface area contributed by atoms with E-state index < -0.39 is 6.10 Å². The second kappa shape index (κ2) is 7.98. The first-order valence-electron chi connectivity index (χ1n) is 5.04. The Labute approximate surface area is 95.1 Å². The molecule has 0 unspecified atom stereocenters. The quantitative estimate of drug-likeness (QED) is 0.494. The third-order valence-electron chi connectivity index (χ3n) is 1.95. The van der Waals surface area contributed by atoms with Gasteiger partial charge in [-0.2, -0.15) is 0 Å². The topological polar surface area (TPSA) is 44.8 Å². The Bertz CT molecular complexity index is 286. The number of aldehydes is 1. The maximum atomic E-state index is 10.6. The van der Waals surface area contributed by atoms with Gasteiger partial charge in [-0.05, 0) is 5.56 Å². The predicted molar refractivity (Wildman–Crippen MR) is 58.9 cm³/mol. The van der Waals surface area contributed by atoms with Crippen LogP contribution in [-0.4, -0.2) is 32.9 Å². The van der Waals surface area contributed by atoms with Gasteiger partial charge < -0.3 is 19.0 Å². The highest BCUT2D eigenvalue weighted by atomic mass is 16.7. The Kier molecular flexibility index (Phi) is 6.41. The van der Waals surface area contributed by atoms with Crippen LogP contribution in [0.5, 0.6) is 0 Å². The van der Waals surface area contributed by atoms with Crippen LogP contribution in [0.3, 0.4) is 0 Å². The molecule has 0 amide bonds. The van der Waals surface area contributed by atoms with Crippen LogP contribution >= 0.6 is 0 Å². The molecule has 0 radical (unpaired) electrons. The Hall–Kier alpha value is -1.23. The largest absolute Gasteiger partial charge is 0.374 e. The molecule has 1 aromatic rings. The molecule has 0 aromatic heterocycles. The highest BCUT2D eigenvalue weighted by Gasteiger charge is 2.07. The highest BCUT2D eigenvalue weighted by Crippen LogP contribution is 2.01. The van der Waals surface area contributed by atoms with E-state index in [0.717, 1.165) is 5.56 Å². The molecule has 16 heavy (non-hydrogen) atoms. The Morgan fingerprint density at radius 1 is 1.31 bits per heavy atom. The van der Waals surface area contributed by atoms with Crippen LogP contribution in [-0.2, 0) is 25.6 Å². The lowest BCUT2D eigenvalue weighted by Crippen LogP contribution is -2.22. The van der Waals surface area contributed by atoms with E-state index in [1.807, 2.05) is 30.3 Å². The lowest BCUT2D eigenvalue weighted by molar-refractivity contribution is -0.135. The second-order valence-corrected chi connectivity index (χ2v) is 3.25. The number of methoxy groups -OCH3 is 1. The summed E-state index contributed by atoms with van der Waals surface area (Å²) in [7, 11) is 1.51. The summed E-state index contributed by atoms with van der Waals surface area (Å²) in [6.07, 6.45) is 0.146. The Balaban J connectivity index is 2.20. The molecule has 0 heterocycles. The molecule has 0 saturated heterocycles. The minimum Gasteiger partial charge on any atom is -0.374 e. The first kappa shape index (κ1) is 12.8. The van der Waals surface area contributed by atoms with Crippen LogP contribution in [0, 0.1) is 0 Å². The summed E-state index contributed by atoms with van der Waals surface area (Å²) in [4.78, 5) is 10.6. The van der Waals surface area contributed by atoms with Gasteiger partial charge in [0.05, 0.1) is 13.2 Å². The zero-order valence-corrected chi connectivity index (χ0v) is 9.30. The monoisotopic (exact) mass is 224 g/mol. The van der Waals surface area contributed by atoms with E-state index in [1.54, 1.807) is 0 Å². The molecule has 0 aliphatic heterocycles. The lowest BCUT2D eigenvalue weighted by atomic mass is 10.2. The average Bonchev–Trinajstić information content (AvgIpc) is 2.35. The van der Waals surface area contributed by atoms with E-state index in [9.17, 15) is 4.79 Å². The number of carbonyl (C=O) groups excluding carboxylic acids is 1. The summed E-state index contributed by atoms with van der Waals surface area (Å²) in [5, 5.41) is 0. The maximum absolute atomic E-state index is 10.6. The van der Waals surface area contributed by atoms with Crippen molar-refractivity contribution < 1.29 is 19.0 Å². The summed E-state index contributed by atoms with van der Waals surface area (Å²) in [5.74, 6) is 0. The van der Waals surface area contributed by atoms with Gasteiger partial charge >= 0.3 is 0 Å². The number of carbonyl (C=O) groups is 1. The van der Waals surface area contributed by atoms with Crippen LogP contribution < -0.4 is 0 Å².